The number of amides is 1. The summed E-state index contributed by atoms with van der Waals surface area (Å²) in [6, 6.07) is 3.72. The number of anilines is 2. The lowest BCUT2D eigenvalue weighted by Crippen LogP contribution is -2.42. The molecule has 144 valence electrons. The van der Waals surface area contributed by atoms with E-state index in [2.05, 4.69) is 5.32 Å². The standard InChI is InChI=1S/C19H29N3O4/c1-19(2,3)26-18(23)22-9-5-4-6-13(12-22)21-16-14(20)7-8-15-17(16)25-11-10-24-15/h7-8,13,21H,4-6,9-12,20H2,1-3H3/t13-/m1/s1. The number of nitrogens with one attached hydrogen (secondary N) is 1. The van der Waals surface area contributed by atoms with Crippen LogP contribution in [0.4, 0.5) is 16.2 Å². The summed E-state index contributed by atoms with van der Waals surface area (Å²) in [4.78, 5) is 14.2. The van der Waals surface area contributed by atoms with Gasteiger partial charge in [0.2, 0.25) is 0 Å². The van der Waals surface area contributed by atoms with Gasteiger partial charge in [-0.25, -0.2) is 4.79 Å². The van der Waals surface area contributed by atoms with E-state index in [1.807, 2.05) is 32.9 Å². The molecule has 3 N–H and O–H groups in total. The van der Waals surface area contributed by atoms with Crippen LogP contribution in [0.2, 0.25) is 0 Å². The Labute approximate surface area is 154 Å². The molecular weight excluding hydrogens is 334 g/mol. The number of nitrogens with zero attached hydrogens (tertiary/aromatic N) is 1. The molecule has 0 aromatic heterocycles. The highest BCUT2D eigenvalue weighted by molar-refractivity contribution is 5.78. The minimum absolute atomic E-state index is 0.0735. The zero-order valence-electron chi connectivity index (χ0n) is 15.8. The number of hydrogen-bond acceptors (Lipinski definition) is 6. The Morgan fingerprint density at radius 1 is 1.27 bits per heavy atom. The normalized spacial score (nSPS) is 20.3. The predicted molar refractivity (Wildman–Crippen MR) is 101 cm³/mol. The first-order chi connectivity index (χ1) is 12.3. The molecule has 7 nitrogen and oxygen atoms in total. The van der Waals surface area contributed by atoms with Gasteiger partial charge in [0.25, 0.3) is 0 Å². The number of benzene rings is 1. The number of ether oxygens (including phenoxy) is 3. The number of likely N-dealkylation sites (tertiary alicyclic amines) is 1. The third kappa shape index (κ3) is 4.45. The van der Waals surface area contributed by atoms with Gasteiger partial charge >= 0.3 is 6.09 Å². The number of fused-ring (bicyclic) bond motifs is 1. The fourth-order valence-corrected chi connectivity index (χ4v) is 3.24. The van der Waals surface area contributed by atoms with Crippen molar-refractivity contribution < 1.29 is 19.0 Å². The van der Waals surface area contributed by atoms with Crippen molar-refractivity contribution in [3.8, 4) is 11.5 Å². The molecule has 1 atom stereocenters. The molecule has 2 aliphatic heterocycles. The number of nitrogens with two attached hydrogens (primary N) is 1. The molecule has 1 aromatic rings. The van der Waals surface area contributed by atoms with E-state index in [0.29, 0.717) is 43.5 Å². The Morgan fingerprint density at radius 3 is 2.81 bits per heavy atom. The van der Waals surface area contributed by atoms with Crippen LogP contribution in [0.25, 0.3) is 0 Å². The summed E-state index contributed by atoms with van der Waals surface area (Å²) < 4.78 is 17.0. The second kappa shape index (κ2) is 7.51. The molecule has 1 saturated heterocycles. The van der Waals surface area contributed by atoms with Crippen molar-refractivity contribution in [2.45, 2.75) is 51.7 Å². The van der Waals surface area contributed by atoms with Crippen molar-refractivity contribution in [2.24, 2.45) is 0 Å². The van der Waals surface area contributed by atoms with E-state index in [1.165, 1.54) is 0 Å². The highest BCUT2D eigenvalue weighted by Gasteiger charge is 2.28. The van der Waals surface area contributed by atoms with Gasteiger partial charge in [-0.2, -0.15) is 0 Å². The lowest BCUT2D eigenvalue weighted by molar-refractivity contribution is 0.0252. The van der Waals surface area contributed by atoms with Gasteiger partial charge in [0, 0.05) is 19.1 Å². The summed E-state index contributed by atoms with van der Waals surface area (Å²) in [5, 5.41) is 3.49. The molecule has 0 radical (unpaired) electrons. The van der Waals surface area contributed by atoms with Gasteiger partial charge in [-0.05, 0) is 52.2 Å². The van der Waals surface area contributed by atoms with Crippen molar-refractivity contribution in [3.63, 3.8) is 0 Å². The van der Waals surface area contributed by atoms with E-state index in [1.54, 1.807) is 4.90 Å². The van der Waals surface area contributed by atoms with Gasteiger partial charge in [0.1, 0.15) is 24.5 Å². The topological polar surface area (TPSA) is 86.1 Å². The van der Waals surface area contributed by atoms with Crippen LogP contribution < -0.4 is 20.5 Å². The maximum atomic E-state index is 12.5. The van der Waals surface area contributed by atoms with Gasteiger partial charge in [-0.1, -0.05) is 0 Å². The summed E-state index contributed by atoms with van der Waals surface area (Å²) in [7, 11) is 0. The quantitative estimate of drug-likeness (QED) is 0.785. The summed E-state index contributed by atoms with van der Waals surface area (Å²) in [5.74, 6) is 1.36. The van der Waals surface area contributed by atoms with Crippen LogP contribution >= 0.6 is 0 Å². The lowest BCUT2D eigenvalue weighted by Gasteiger charge is -2.30. The van der Waals surface area contributed by atoms with Crippen LogP contribution in [0.15, 0.2) is 12.1 Å². The van der Waals surface area contributed by atoms with E-state index in [-0.39, 0.29) is 12.1 Å². The average molecular weight is 363 g/mol. The fourth-order valence-electron chi connectivity index (χ4n) is 3.24. The van der Waals surface area contributed by atoms with Gasteiger partial charge < -0.3 is 30.2 Å². The molecular formula is C19H29N3O4. The molecule has 1 amide bonds. The Morgan fingerprint density at radius 2 is 2.04 bits per heavy atom. The van der Waals surface area contributed by atoms with Crippen molar-refractivity contribution in [2.75, 3.05) is 37.4 Å². The molecule has 3 rings (SSSR count). The third-order valence-electron chi connectivity index (χ3n) is 4.41. The highest BCUT2D eigenvalue weighted by Crippen LogP contribution is 2.42. The molecule has 7 heteroatoms. The van der Waals surface area contributed by atoms with Crippen LogP contribution in [0, 0.1) is 0 Å². The maximum absolute atomic E-state index is 12.5. The molecule has 1 aromatic carbocycles. The van der Waals surface area contributed by atoms with Crippen LogP contribution in [-0.4, -0.2) is 48.9 Å². The minimum atomic E-state index is -0.500. The predicted octanol–water partition coefficient (Wildman–Crippen LogP) is 3.24. The molecule has 0 saturated carbocycles. The van der Waals surface area contributed by atoms with Crippen molar-refractivity contribution in [1.82, 2.24) is 4.90 Å². The molecule has 2 heterocycles. The van der Waals surface area contributed by atoms with Crippen molar-refractivity contribution in [1.29, 1.82) is 0 Å². The zero-order valence-corrected chi connectivity index (χ0v) is 15.8. The minimum Gasteiger partial charge on any atom is -0.486 e. The number of carbonyl (C=O) groups is 1. The van der Waals surface area contributed by atoms with Gasteiger partial charge in [-0.3, -0.25) is 0 Å². The first kappa shape index (κ1) is 18.5. The SMILES string of the molecule is CC(C)(C)OC(=O)N1CCCC[C@@H](Nc2c(N)ccc3c2OCCO3)C1. The fraction of sp³-hybridized carbons (Fsp3) is 0.632. The number of nitrogen functional groups attached to an aromatic ring is 1. The molecule has 26 heavy (non-hydrogen) atoms. The summed E-state index contributed by atoms with van der Waals surface area (Å²) in [5.41, 5.74) is 7.04. The lowest BCUT2D eigenvalue weighted by atomic mass is 10.1. The first-order valence-corrected chi connectivity index (χ1v) is 9.26. The second-order valence-electron chi connectivity index (χ2n) is 7.82. The molecule has 0 unspecified atom stereocenters. The summed E-state index contributed by atoms with van der Waals surface area (Å²) in [6.07, 6.45) is 2.67. The van der Waals surface area contributed by atoms with E-state index in [4.69, 9.17) is 19.9 Å². The Balaban J connectivity index is 1.74. The molecule has 0 bridgehead atoms. The smallest absolute Gasteiger partial charge is 0.410 e. The largest absolute Gasteiger partial charge is 0.486 e. The zero-order chi connectivity index (χ0) is 18.7. The summed E-state index contributed by atoms with van der Waals surface area (Å²) in [6.45, 7) is 7.95. The van der Waals surface area contributed by atoms with Crippen LogP contribution in [0.3, 0.4) is 0 Å². The molecule has 1 fully saturated rings. The Bertz CT molecular complexity index is 657. The monoisotopic (exact) mass is 363 g/mol. The van der Waals surface area contributed by atoms with Crippen LogP contribution in [-0.2, 0) is 4.74 Å². The first-order valence-electron chi connectivity index (χ1n) is 9.26. The maximum Gasteiger partial charge on any atom is 0.410 e. The number of rotatable bonds is 2. The van der Waals surface area contributed by atoms with E-state index >= 15 is 0 Å². The van der Waals surface area contributed by atoms with Gasteiger partial charge in [0.15, 0.2) is 11.5 Å². The average Bonchev–Trinajstić information content (AvgIpc) is 2.82. The Hall–Kier alpha value is -2.31. The van der Waals surface area contributed by atoms with E-state index in [9.17, 15) is 4.79 Å². The van der Waals surface area contributed by atoms with Crippen LogP contribution in [0.1, 0.15) is 40.0 Å². The second-order valence-corrected chi connectivity index (χ2v) is 7.82. The third-order valence-corrected chi connectivity index (χ3v) is 4.41. The molecule has 0 spiro atoms. The van der Waals surface area contributed by atoms with E-state index < -0.39 is 5.60 Å². The molecule has 2 aliphatic rings. The number of carbonyl (C=O) groups excluding carboxylic acids is 1. The van der Waals surface area contributed by atoms with Crippen molar-refractivity contribution >= 4 is 17.5 Å². The Kier molecular flexibility index (Phi) is 5.34. The summed E-state index contributed by atoms with van der Waals surface area (Å²) >= 11 is 0. The number of hydrogen-bond donors (Lipinski definition) is 2. The van der Waals surface area contributed by atoms with E-state index in [0.717, 1.165) is 24.9 Å². The van der Waals surface area contributed by atoms with Crippen molar-refractivity contribution in [3.05, 3.63) is 12.1 Å². The van der Waals surface area contributed by atoms with Crippen LogP contribution in [0.5, 0.6) is 11.5 Å². The molecule has 0 aliphatic carbocycles. The van der Waals surface area contributed by atoms with Gasteiger partial charge in [0.05, 0.1) is 5.69 Å². The highest BCUT2D eigenvalue weighted by atomic mass is 16.6. The van der Waals surface area contributed by atoms with Gasteiger partial charge in [-0.15, -0.1) is 0 Å².